The summed E-state index contributed by atoms with van der Waals surface area (Å²) in [5, 5.41) is 16.5. The molecule has 1 aliphatic rings. The summed E-state index contributed by atoms with van der Waals surface area (Å²) in [5.74, 6) is -0.898. The van der Waals surface area contributed by atoms with Gasteiger partial charge in [0.05, 0.1) is 16.2 Å². The Balaban J connectivity index is 1.85. The van der Waals surface area contributed by atoms with E-state index in [1.807, 2.05) is 0 Å². The van der Waals surface area contributed by atoms with Crippen LogP contribution in [-0.4, -0.2) is 22.8 Å². The Labute approximate surface area is 137 Å². The van der Waals surface area contributed by atoms with Crippen LogP contribution in [0.5, 0.6) is 0 Å². The molecule has 1 aliphatic carbocycles. The molecule has 3 rings (SSSR count). The number of para-hydroxylation sites is 2. The highest BCUT2D eigenvalue weighted by atomic mass is 16.6. The van der Waals surface area contributed by atoms with E-state index in [0.29, 0.717) is 11.3 Å². The van der Waals surface area contributed by atoms with E-state index in [-0.39, 0.29) is 23.2 Å². The van der Waals surface area contributed by atoms with Crippen molar-refractivity contribution in [3.8, 4) is 0 Å². The number of anilines is 1. The van der Waals surface area contributed by atoms with Crippen molar-refractivity contribution in [2.45, 2.75) is 18.9 Å². The molecule has 0 atom stereocenters. The molecule has 7 heteroatoms. The smallest absolute Gasteiger partial charge is 0.282 e. The van der Waals surface area contributed by atoms with Gasteiger partial charge in [0.15, 0.2) is 0 Å². The Hall–Kier alpha value is -3.22. The number of nitrogens with one attached hydrogen (secondary N) is 2. The zero-order valence-corrected chi connectivity index (χ0v) is 12.7. The van der Waals surface area contributed by atoms with E-state index in [0.717, 1.165) is 12.8 Å². The second-order valence-electron chi connectivity index (χ2n) is 5.52. The van der Waals surface area contributed by atoms with Gasteiger partial charge in [0.2, 0.25) is 0 Å². The number of hydrogen-bond acceptors (Lipinski definition) is 4. The third-order valence-corrected chi connectivity index (χ3v) is 3.68. The molecule has 2 amide bonds. The van der Waals surface area contributed by atoms with E-state index in [1.54, 1.807) is 30.3 Å². The van der Waals surface area contributed by atoms with Crippen LogP contribution in [0.4, 0.5) is 11.4 Å². The summed E-state index contributed by atoms with van der Waals surface area (Å²) in [5.41, 5.74) is 0.310. The Morgan fingerprint density at radius 2 is 1.58 bits per heavy atom. The zero-order valence-electron chi connectivity index (χ0n) is 12.7. The Kier molecular flexibility index (Phi) is 4.24. The summed E-state index contributed by atoms with van der Waals surface area (Å²) in [7, 11) is 0. The van der Waals surface area contributed by atoms with Crippen molar-refractivity contribution in [3.63, 3.8) is 0 Å². The van der Waals surface area contributed by atoms with Crippen molar-refractivity contribution in [1.29, 1.82) is 0 Å². The number of nitrogens with zero attached hydrogens (tertiary/aromatic N) is 1. The lowest BCUT2D eigenvalue weighted by Crippen LogP contribution is -2.27. The maximum Gasteiger partial charge on any atom is 0.282 e. The van der Waals surface area contributed by atoms with Crippen molar-refractivity contribution in [2.75, 3.05) is 5.32 Å². The van der Waals surface area contributed by atoms with Crippen molar-refractivity contribution in [2.24, 2.45) is 0 Å². The molecule has 0 unspecified atom stereocenters. The minimum atomic E-state index is -0.631. The fourth-order valence-electron chi connectivity index (χ4n) is 2.30. The molecule has 1 saturated carbocycles. The largest absolute Gasteiger partial charge is 0.349 e. The fourth-order valence-corrected chi connectivity index (χ4v) is 2.30. The van der Waals surface area contributed by atoms with Crippen LogP contribution >= 0.6 is 0 Å². The third-order valence-electron chi connectivity index (χ3n) is 3.68. The molecule has 2 N–H and O–H groups in total. The normalized spacial score (nSPS) is 13.2. The zero-order chi connectivity index (χ0) is 17.1. The van der Waals surface area contributed by atoms with Gasteiger partial charge in [0.25, 0.3) is 17.5 Å². The molecular weight excluding hydrogens is 310 g/mol. The molecule has 122 valence electrons. The molecule has 0 spiro atoms. The van der Waals surface area contributed by atoms with Gasteiger partial charge in [-0.1, -0.05) is 24.3 Å². The van der Waals surface area contributed by atoms with E-state index in [2.05, 4.69) is 10.6 Å². The Bertz CT molecular complexity index is 815. The number of rotatable bonds is 5. The number of nitro groups is 1. The average Bonchev–Trinajstić information content (AvgIpc) is 3.39. The molecule has 2 aromatic rings. The number of carbonyl (C=O) groups excluding carboxylic acids is 2. The van der Waals surface area contributed by atoms with Crippen LogP contribution in [0.3, 0.4) is 0 Å². The van der Waals surface area contributed by atoms with Gasteiger partial charge < -0.3 is 10.6 Å². The number of carbonyl (C=O) groups is 2. The minimum absolute atomic E-state index is 0.0556. The molecule has 7 nitrogen and oxygen atoms in total. The van der Waals surface area contributed by atoms with E-state index in [9.17, 15) is 19.7 Å². The van der Waals surface area contributed by atoms with E-state index >= 15 is 0 Å². The van der Waals surface area contributed by atoms with Crippen LogP contribution in [0.1, 0.15) is 33.6 Å². The van der Waals surface area contributed by atoms with E-state index in [4.69, 9.17) is 0 Å². The summed E-state index contributed by atoms with van der Waals surface area (Å²) < 4.78 is 0. The van der Waals surface area contributed by atoms with Gasteiger partial charge in [-0.25, -0.2) is 0 Å². The summed E-state index contributed by atoms with van der Waals surface area (Å²) in [6.45, 7) is 0. The lowest BCUT2D eigenvalue weighted by Gasteiger charge is -2.11. The number of nitro benzene ring substituents is 1. The van der Waals surface area contributed by atoms with Crippen molar-refractivity contribution in [3.05, 3.63) is 69.8 Å². The molecule has 0 saturated heterocycles. The van der Waals surface area contributed by atoms with Gasteiger partial charge in [0.1, 0.15) is 5.56 Å². The standard InChI is InChI=1S/C17H15N3O4/c21-16(18-11-9-10-11)12-5-1-3-7-14(12)19-17(22)13-6-2-4-8-15(13)20(23)24/h1-8,11H,9-10H2,(H,18,21)(H,19,22). The predicted octanol–water partition coefficient (Wildman–Crippen LogP) is 2.74. The second kappa shape index (κ2) is 6.49. The van der Waals surface area contributed by atoms with Crippen LogP contribution in [0, 0.1) is 10.1 Å². The monoisotopic (exact) mass is 325 g/mol. The number of hydrogen-bond donors (Lipinski definition) is 2. The van der Waals surface area contributed by atoms with Crippen LogP contribution in [0.15, 0.2) is 48.5 Å². The Morgan fingerprint density at radius 1 is 0.958 bits per heavy atom. The predicted molar refractivity (Wildman–Crippen MR) is 88.0 cm³/mol. The second-order valence-corrected chi connectivity index (χ2v) is 5.52. The molecule has 1 fully saturated rings. The van der Waals surface area contributed by atoms with Crippen LogP contribution in [-0.2, 0) is 0 Å². The maximum atomic E-state index is 12.4. The number of amides is 2. The Morgan fingerprint density at radius 3 is 2.25 bits per heavy atom. The highest BCUT2D eigenvalue weighted by Gasteiger charge is 2.25. The van der Waals surface area contributed by atoms with Gasteiger partial charge in [-0.3, -0.25) is 19.7 Å². The highest BCUT2D eigenvalue weighted by Crippen LogP contribution is 2.23. The lowest BCUT2D eigenvalue weighted by atomic mass is 10.1. The average molecular weight is 325 g/mol. The van der Waals surface area contributed by atoms with Crippen LogP contribution in [0.25, 0.3) is 0 Å². The third kappa shape index (κ3) is 3.40. The summed E-state index contributed by atoms with van der Waals surface area (Å²) in [6, 6.07) is 12.4. The first kappa shape index (κ1) is 15.7. The molecule has 0 bridgehead atoms. The van der Waals surface area contributed by atoms with Gasteiger partial charge in [-0.15, -0.1) is 0 Å². The van der Waals surface area contributed by atoms with Gasteiger partial charge in [-0.05, 0) is 31.0 Å². The molecule has 0 heterocycles. The van der Waals surface area contributed by atoms with Crippen molar-refractivity contribution >= 4 is 23.2 Å². The van der Waals surface area contributed by atoms with Gasteiger partial charge in [-0.2, -0.15) is 0 Å². The van der Waals surface area contributed by atoms with Gasteiger partial charge in [0, 0.05) is 12.1 Å². The molecule has 2 aromatic carbocycles. The fraction of sp³-hybridized carbons (Fsp3) is 0.176. The summed E-state index contributed by atoms with van der Waals surface area (Å²) in [4.78, 5) is 35.1. The maximum absolute atomic E-state index is 12.4. The van der Waals surface area contributed by atoms with Gasteiger partial charge >= 0.3 is 0 Å². The number of benzene rings is 2. The van der Waals surface area contributed by atoms with Crippen molar-refractivity contribution in [1.82, 2.24) is 5.32 Å². The topological polar surface area (TPSA) is 101 Å². The highest BCUT2D eigenvalue weighted by molar-refractivity contribution is 6.10. The lowest BCUT2D eigenvalue weighted by molar-refractivity contribution is -0.385. The minimum Gasteiger partial charge on any atom is -0.349 e. The van der Waals surface area contributed by atoms with Crippen LogP contribution in [0.2, 0.25) is 0 Å². The first-order chi connectivity index (χ1) is 11.6. The van der Waals surface area contributed by atoms with Crippen molar-refractivity contribution < 1.29 is 14.5 Å². The first-order valence-electron chi connectivity index (χ1n) is 7.51. The van der Waals surface area contributed by atoms with E-state index < -0.39 is 10.8 Å². The molecule has 0 radical (unpaired) electrons. The summed E-state index contributed by atoms with van der Waals surface area (Å²) in [6.07, 6.45) is 1.91. The first-order valence-corrected chi connectivity index (χ1v) is 7.51. The molecule has 0 aliphatic heterocycles. The molecular formula is C17H15N3O4. The summed E-state index contributed by atoms with van der Waals surface area (Å²) >= 11 is 0. The molecule has 0 aromatic heterocycles. The van der Waals surface area contributed by atoms with Crippen LogP contribution < -0.4 is 10.6 Å². The quantitative estimate of drug-likeness (QED) is 0.652. The SMILES string of the molecule is O=C(NC1CC1)c1ccccc1NC(=O)c1ccccc1[N+](=O)[O-]. The molecule has 24 heavy (non-hydrogen) atoms. The van der Waals surface area contributed by atoms with E-state index in [1.165, 1.54) is 18.2 Å².